The van der Waals surface area contributed by atoms with Crippen molar-refractivity contribution in [1.29, 1.82) is 0 Å². The number of non-ortho nitro benzene ring substituents is 1. The fourth-order valence-electron chi connectivity index (χ4n) is 2.79. The summed E-state index contributed by atoms with van der Waals surface area (Å²) in [5.41, 5.74) is 0.0687. The molecule has 2 aromatic carbocycles. The van der Waals surface area contributed by atoms with Gasteiger partial charge in [0.25, 0.3) is 5.69 Å². The zero-order valence-corrected chi connectivity index (χ0v) is 15.6. The molecular weight excluding hydrogens is 380 g/mol. The van der Waals surface area contributed by atoms with Crippen LogP contribution in [0.5, 0.6) is 5.75 Å². The van der Waals surface area contributed by atoms with Gasteiger partial charge in [-0.3, -0.25) is 15.4 Å². The van der Waals surface area contributed by atoms with E-state index in [1.807, 2.05) is 6.92 Å². The Hall–Kier alpha value is -4.08. The van der Waals surface area contributed by atoms with Crippen molar-refractivity contribution in [3.63, 3.8) is 0 Å². The number of nitro groups is 1. The van der Waals surface area contributed by atoms with Gasteiger partial charge in [0.2, 0.25) is 0 Å². The summed E-state index contributed by atoms with van der Waals surface area (Å²) in [6.07, 6.45) is 0. The minimum absolute atomic E-state index is 0.0519. The highest BCUT2D eigenvalue weighted by Crippen LogP contribution is 2.31. The maximum atomic E-state index is 12.5. The van der Waals surface area contributed by atoms with Crippen LogP contribution in [0.3, 0.4) is 0 Å². The van der Waals surface area contributed by atoms with Gasteiger partial charge in [0.15, 0.2) is 5.69 Å². The molecule has 0 saturated heterocycles. The number of hydrogen-bond acceptors (Lipinski definition) is 7. The number of fused-ring (bicyclic) bond motifs is 1. The second-order valence-electron chi connectivity index (χ2n) is 5.89. The average molecular weight is 398 g/mol. The lowest BCUT2D eigenvalue weighted by Gasteiger charge is -2.14. The summed E-state index contributed by atoms with van der Waals surface area (Å²) in [6, 6.07) is 9.96. The summed E-state index contributed by atoms with van der Waals surface area (Å²) >= 11 is 0. The van der Waals surface area contributed by atoms with Crippen LogP contribution in [0.4, 0.5) is 27.5 Å². The van der Waals surface area contributed by atoms with Crippen molar-refractivity contribution in [3.05, 3.63) is 63.0 Å². The highest BCUT2D eigenvalue weighted by atomic mass is 16.6. The Morgan fingerprint density at radius 3 is 2.62 bits per heavy atom. The lowest BCUT2D eigenvalue weighted by molar-refractivity contribution is -0.384. The molecule has 0 unspecified atom stereocenters. The molecular formula is C19H18N4O6. The fraction of sp³-hybridized carbons (Fsp3) is 0.158. The molecule has 3 aromatic rings. The van der Waals surface area contributed by atoms with Crippen molar-refractivity contribution in [3.8, 4) is 5.75 Å². The lowest BCUT2D eigenvalue weighted by Crippen LogP contribution is -2.24. The molecule has 0 aliphatic carbocycles. The van der Waals surface area contributed by atoms with E-state index in [1.54, 1.807) is 24.3 Å². The first-order chi connectivity index (χ1) is 13.9. The molecule has 29 heavy (non-hydrogen) atoms. The normalized spacial score (nSPS) is 10.4. The molecule has 0 saturated carbocycles. The molecule has 2 amide bonds. The van der Waals surface area contributed by atoms with E-state index in [-0.39, 0.29) is 22.8 Å². The maximum absolute atomic E-state index is 12.5. The smallest absolute Gasteiger partial charge is 0.362 e. The lowest BCUT2D eigenvalue weighted by atomic mass is 10.2. The summed E-state index contributed by atoms with van der Waals surface area (Å²) in [4.78, 5) is 35.2. The minimum Gasteiger partial charge on any atom is -0.494 e. The number of anilines is 3. The van der Waals surface area contributed by atoms with E-state index in [4.69, 9.17) is 9.15 Å². The first-order valence-corrected chi connectivity index (χ1v) is 8.64. The molecule has 0 aliphatic heterocycles. The summed E-state index contributed by atoms with van der Waals surface area (Å²) in [6.45, 7) is 2.37. The van der Waals surface area contributed by atoms with Crippen molar-refractivity contribution in [2.24, 2.45) is 0 Å². The van der Waals surface area contributed by atoms with Gasteiger partial charge in [-0.05, 0) is 25.1 Å². The Morgan fingerprint density at radius 1 is 1.17 bits per heavy atom. The van der Waals surface area contributed by atoms with Crippen LogP contribution < -0.4 is 26.3 Å². The zero-order chi connectivity index (χ0) is 21.0. The van der Waals surface area contributed by atoms with E-state index in [0.717, 1.165) is 0 Å². The van der Waals surface area contributed by atoms with E-state index >= 15 is 0 Å². The van der Waals surface area contributed by atoms with Gasteiger partial charge in [-0.25, -0.2) is 9.59 Å². The van der Waals surface area contributed by atoms with Gasteiger partial charge in [-0.1, -0.05) is 12.1 Å². The van der Waals surface area contributed by atoms with Gasteiger partial charge >= 0.3 is 11.7 Å². The standard InChI is InChI=1S/C19H18N4O6/c1-3-20-16-12-6-4-5-7-14(12)29-18(24)17(16)22-19(25)21-13-9-8-11(23(26)27)10-15(13)28-2/h4-10,20H,3H2,1-2H3,(H2,21,22,25). The SMILES string of the molecule is CCNc1c(NC(=O)Nc2ccc([N+](=O)[O-])cc2OC)c(=O)oc2ccccc12. The molecule has 150 valence electrons. The molecule has 0 atom stereocenters. The Kier molecular flexibility index (Phi) is 5.63. The van der Waals surface area contributed by atoms with Crippen LogP contribution >= 0.6 is 0 Å². The van der Waals surface area contributed by atoms with Gasteiger partial charge in [-0.2, -0.15) is 0 Å². The number of carbonyl (C=O) groups is 1. The van der Waals surface area contributed by atoms with Crippen molar-refractivity contribution in [1.82, 2.24) is 0 Å². The second kappa shape index (κ2) is 8.30. The first kappa shape index (κ1) is 19.7. The van der Waals surface area contributed by atoms with Gasteiger partial charge in [0.05, 0.1) is 29.5 Å². The summed E-state index contributed by atoms with van der Waals surface area (Å²) in [5, 5.41) is 19.6. The van der Waals surface area contributed by atoms with E-state index in [9.17, 15) is 19.7 Å². The maximum Gasteiger partial charge on any atom is 0.362 e. The molecule has 1 aromatic heterocycles. The molecule has 10 heteroatoms. The van der Waals surface area contributed by atoms with Crippen molar-refractivity contribution < 1.29 is 18.9 Å². The molecule has 0 radical (unpaired) electrons. The third-order valence-corrected chi connectivity index (χ3v) is 4.05. The Balaban J connectivity index is 1.92. The summed E-state index contributed by atoms with van der Waals surface area (Å²) in [5.74, 6) is 0.104. The van der Waals surface area contributed by atoms with Crippen LogP contribution in [0.25, 0.3) is 11.0 Å². The van der Waals surface area contributed by atoms with Gasteiger partial charge in [-0.15, -0.1) is 0 Å². The largest absolute Gasteiger partial charge is 0.494 e. The number of amides is 2. The van der Waals surface area contributed by atoms with E-state index in [0.29, 0.717) is 23.2 Å². The Morgan fingerprint density at radius 2 is 1.93 bits per heavy atom. The number of hydrogen-bond donors (Lipinski definition) is 3. The topological polar surface area (TPSA) is 136 Å². The third kappa shape index (κ3) is 4.10. The van der Waals surface area contributed by atoms with Crippen LogP contribution in [0.1, 0.15) is 6.92 Å². The van der Waals surface area contributed by atoms with Crippen molar-refractivity contribution >= 4 is 39.7 Å². The van der Waals surface area contributed by atoms with Crippen molar-refractivity contribution in [2.75, 3.05) is 29.6 Å². The number of nitrogens with zero attached hydrogens (tertiary/aromatic N) is 1. The molecule has 0 fully saturated rings. The van der Waals surface area contributed by atoms with Gasteiger partial charge in [0.1, 0.15) is 11.3 Å². The number of rotatable bonds is 6. The molecule has 1 heterocycles. The molecule has 3 N–H and O–H groups in total. The molecule has 0 spiro atoms. The third-order valence-electron chi connectivity index (χ3n) is 4.05. The van der Waals surface area contributed by atoms with E-state index < -0.39 is 16.6 Å². The van der Waals surface area contributed by atoms with Crippen LogP contribution in [-0.4, -0.2) is 24.6 Å². The van der Waals surface area contributed by atoms with Gasteiger partial charge in [0, 0.05) is 18.0 Å². The predicted octanol–water partition coefficient (Wildman–Crippen LogP) is 3.79. The Bertz CT molecular complexity index is 1140. The zero-order valence-electron chi connectivity index (χ0n) is 15.6. The van der Waals surface area contributed by atoms with Crippen LogP contribution in [0.15, 0.2) is 51.7 Å². The quantitative estimate of drug-likeness (QED) is 0.326. The first-order valence-electron chi connectivity index (χ1n) is 8.64. The number of nitrogens with one attached hydrogen (secondary N) is 3. The number of para-hydroxylation sites is 1. The second-order valence-corrected chi connectivity index (χ2v) is 5.89. The van der Waals surface area contributed by atoms with E-state index in [2.05, 4.69) is 16.0 Å². The summed E-state index contributed by atoms with van der Waals surface area (Å²) < 4.78 is 10.4. The highest BCUT2D eigenvalue weighted by molar-refractivity contribution is 6.06. The molecule has 3 rings (SSSR count). The number of benzene rings is 2. The number of ether oxygens (including phenoxy) is 1. The highest BCUT2D eigenvalue weighted by Gasteiger charge is 2.18. The number of carbonyl (C=O) groups excluding carboxylic acids is 1. The number of methoxy groups -OCH3 is 1. The average Bonchev–Trinajstić information content (AvgIpc) is 2.70. The Labute approximate surface area is 164 Å². The van der Waals surface area contributed by atoms with E-state index in [1.165, 1.54) is 25.3 Å². The predicted molar refractivity (Wildman–Crippen MR) is 109 cm³/mol. The number of urea groups is 1. The van der Waals surface area contributed by atoms with Crippen LogP contribution in [0, 0.1) is 10.1 Å². The minimum atomic E-state index is -0.737. The molecule has 10 nitrogen and oxygen atoms in total. The molecule has 0 bridgehead atoms. The van der Waals surface area contributed by atoms with Gasteiger partial charge < -0.3 is 19.8 Å². The number of nitro benzene ring substituents is 1. The monoisotopic (exact) mass is 398 g/mol. The summed E-state index contributed by atoms with van der Waals surface area (Å²) in [7, 11) is 1.32. The van der Waals surface area contributed by atoms with Crippen LogP contribution in [-0.2, 0) is 0 Å². The molecule has 0 aliphatic rings. The van der Waals surface area contributed by atoms with Crippen molar-refractivity contribution in [2.45, 2.75) is 6.92 Å². The fourth-order valence-corrected chi connectivity index (χ4v) is 2.79. The van der Waals surface area contributed by atoms with Crippen LogP contribution in [0.2, 0.25) is 0 Å².